The Bertz CT molecular complexity index is 753. The van der Waals surface area contributed by atoms with Gasteiger partial charge >= 0.3 is 0 Å². The molecule has 2 aromatic rings. The first kappa shape index (κ1) is 19.7. The summed E-state index contributed by atoms with van der Waals surface area (Å²) in [6.45, 7) is 6.79. The molecule has 0 fully saturated rings. The number of nitrogens with one attached hydrogen (secondary N) is 2. The standard InChI is InChI=1S/C19H23N3O3S/c1-4-22(5-2)19(25)14-8-10-15(11-9-14)21-17(23)13(3)20-18(24)16-7-6-12-26-16/h6-13H,4-5H2,1-3H3,(H,20,24)(H,21,23). The molecule has 0 spiro atoms. The average Bonchev–Trinajstić information content (AvgIpc) is 3.18. The van der Waals surface area contributed by atoms with Crippen molar-refractivity contribution in [3.8, 4) is 0 Å². The Morgan fingerprint density at radius 2 is 1.73 bits per heavy atom. The van der Waals surface area contributed by atoms with Crippen molar-refractivity contribution in [2.75, 3.05) is 18.4 Å². The summed E-state index contributed by atoms with van der Waals surface area (Å²) >= 11 is 1.32. The quantitative estimate of drug-likeness (QED) is 0.783. The third kappa shape index (κ3) is 4.92. The van der Waals surface area contributed by atoms with Gasteiger partial charge in [-0.25, -0.2) is 0 Å². The highest BCUT2D eigenvalue weighted by atomic mass is 32.1. The largest absolute Gasteiger partial charge is 0.340 e. The van der Waals surface area contributed by atoms with Crippen molar-refractivity contribution in [2.24, 2.45) is 0 Å². The Morgan fingerprint density at radius 1 is 1.08 bits per heavy atom. The lowest BCUT2D eigenvalue weighted by atomic mass is 10.1. The van der Waals surface area contributed by atoms with E-state index >= 15 is 0 Å². The predicted octanol–water partition coefficient (Wildman–Crippen LogP) is 2.99. The van der Waals surface area contributed by atoms with E-state index in [1.165, 1.54) is 11.3 Å². The molecule has 6 nitrogen and oxygen atoms in total. The van der Waals surface area contributed by atoms with Gasteiger partial charge in [0.05, 0.1) is 4.88 Å². The van der Waals surface area contributed by atoms with Crippen LogP contribution in [0.1, 0.15) is 40.8 Å². The Labute approximate surface area is 157 Å². The number of carbonyl (C=O) groups is 3. The Kier molecular flexibility index (Phi) is 6.91. The molecule has 0 aliphatic carbocycles. The van der Waals surface area contributed by atoms with Crippen LogP contribution in [0.2, 0.25) is 0 Å². The minimum Gasteiger partial charge on any atom is -0.340 e. The Hall–Kier alpha value is -2.67. The number of carbonyl (C=O) groups excluding carboxylic acids is 3. The maximum Gasteiger partial charge on any atom is 0.261 e. The minimum absolute atomic E-state index is 0.0375. The zero-order chi connectivity index (χ0) is 19.1. The lowest BCUT2D eigenvalue weighted by molar-refractivity contribution is -0.117. The van der Waals surface area contributed by atoms with E-state index in [9.17, 15) is 14.4 Å². The number of benzene rings is 1. The molecule has 138 valence electrons. The van der Waals surface area contributed by atoms with Crippen LogP contribution in [-0.4, -0.2) is 41.8 Å². The Balaban J connectivity index is 1.94. The van der Waals surface area contributed by atoms with Crippen LogP contribution >= 0.6 is 11.3 Å². The topological polar surface area (TPSA) is 78.5 Å². The molecule has 1 aromatic heterocycles. The number of nitrogens with zero attached hydrogens (tertiary/aromatic N) is 1. The fourth-order valence-corrected chi connectivity index (χ4v) is 3.01. The lowest BCUT2D eigenvalue weighted by Crippen LogP contribution is -2.41. The van der Waals surface area contributed by atoms with E-state index in [0.29, 0.717) is 29.2 Å². The molecule has 2 rings (SSSR count). The van der Waals surface area contributed by atoms with Crippen LogP contribution in [-0.2, 0) is 4.79 Å². The zero-order valence-electron chi connectivity index (χ0n) is 15.1. The van der Waals surface area contributed by atoms with Crippen molar-refractivity contribution >= 4 is 34.7 Å². The molecule has 0 aliphatic heterocycles. The molecule has 7 heteroatoms. The van der Waals surface area contributed by atoms with Crippen molar-refractivity contribution in [1.82, 2.24) is 10.2 Å². The summed E-state index contributed by atoms with van der Waals surface area (Å²) in [7, 11) is 0. The highest BCUT2D eigenvalue weighted by Crippen LogP contribution is 2.13. The molecular weight excluding hydrogens is 350 g/mol. The summed E-state index contributed by atoms with van der Waals surface area (Å²) < 4.78 is 0. The van der Waals surface area contributed by atoms with Gasteiger partial charge in [-0.1, -0.05) is 6.07 Å². The van der Waals surface area contributed by atoms with Gasteiger partial charge in [0.15, 0.2) is 0 Å². The van der Waals surface area contributed by atoms with Crippen LogP contribution in [0.3, 0.4) is 0 Å². The molecule has 1 heterocycles. The van der Waals surface area contributed by atoms with Crippen molar-refractivity contribution < 1.29 is 14.4 Å². The van der Waals surface area contributed by atoms with Gasteiger partial charge in [0.25, 0.3) is 11.8 Å². The molecule has 0 radical (unpaired) electrons. The van der Waals surface area contributed by atoms with Crippen LogP contribution in [0.25, 0.3) is 0 Å². The second kappa shape index (κ2) is 9.15. The van der Waals surface area contributed by atoms with E-state index in [-0.39, 0.29) is 17.7 Å². The molecule has 0 bridgehead atoms. The summed E-state index contributed by atoms with van der Waals surface area (Å²) in [6.07, 6.45) is 0. The van der Waals surface area contributed by atoms with Gasteiger partial charge in [0.2, 0.25) is 5.91 Å². The normalized spacial score (nSPS) is 11.5. The van der Waals surface area contributed by atoms with Gasteiger partial charge in [-0.2, -0.15) is 0 Å². The van der Waals surface area contributed by atoms with Gasteiger partial charge in [0.1, 0.15) is 6.04 Å². The summed E-state index contributed by atoms with van der Waals surface area (Å²) in [5.74, 6) is -0.634. The predicted molar refractivity (Wildman–Crippen MR) is 104 cm³/mol. The van der Waals surface area contributed by atoms with E-state index in [0.717, 1.165) is 0 Å². The summed E-state index contributed by atoms with van der Waals surface area (Å²) in [4.78, 5) is 38.8. The van der Waals surface area contributed by atoms with E-state index < -0.39 is 6.04 Å². The highest BCUT2D eigenvalue weighted by Gasteiger charge is 2.18. The minimum atomic E-state index is -0.679. The SMILES string of the molecule is CCN(CC)C(=O)c1ccc(NC(=O)C(C)NC(=O)c2cccs2)cc1. The molecule has 0 saturated heterocycles. The number of amides is 3. The fourth-order valence-electron chi connectivity index (χ4n) is 2.38. The molecule has 0 saturated carbocycles. The number of thiophene rings is 1. The van der Waals surface area contributed by atoms with Crippen LogP contribution in [0, 0.1) is 0 Å². The summed E-state index contributed by atoms with van der Waals surface area (Å²) in [5, 5.41) is 7.21. The van der Waals surface area contributed by atoms with Crippen molar-refractivity contribution in [2.45, 2.75) is 26.8 Å². The summed E-state index contributed by atoms with van der Waals surface area (Å²) in [5.41, 5.74) is 1.15. The molecule has 1 unspecified atom stereocenters. The zero-order valence-corrected chi connectivity index (χ0v) is 15.9. The van der Waals surface area contributed by atoms with E-state index in [1.807, 2.05) is 13.8 Å². The molecule has 3 amide bonds. The van der Waals surface area contributed by atoms with Crippen LogP contribution < -0.4 is 10.6 Å². The van der Waals surface area contributed by atoms with Gasteiger partial charge < -0.3 is 15.5 Å². The van der Waals surface area contributed by atoms with Gasteiger partial charge in [-0.15, -0.1) is 11.3 Å². The first-order valence-electron chi connectivity index (χ1n) is 8.50. The number of hydrogen-bond donors (Lipinski definition) is 2. The highest BCUT2D eigenvalue weighted by molar-refractivity contribution is 7.12. The number of rotatable bonds is 7. The fraction of sp³-hybridized carbons (Fsp3) is 0.316. The monoisotopic (exact) mass is 373 g/mol. The van der Waals surface area contributed by atoms with Gasteiger partial charge in [-0.3, -0.25) is 14.4 Å². The average molecular weight is 373 g/mol. The van der Waals surface area contributed by atoms with Crippen molar-refractivity contribution in [3.05, 3.63) is 52.2 Å². The molecule has 26 heavy (non-hydrogen) atoms. The summed E-state index contributed by atoms with van der Waals surface area (Å²) in [6, 6.07) is 9.55. The molecular formula is C19H23N3O3S. The number of anilines is 1. The van der Waals surface area contributed by atoms with Crippen LogP contribution in [0.5, 0.6) is 0 Å². The Morgan fingerprint density at radius 3 is 2.27 bits per heavy atom. The van der Waals surface area contributed by atoms with Crippen LogP contribution in [0.4, 0.5) is 5.69 Å². The van der Waals surface area contributed by atoms with Crippen molar-refractivity contribution in [1.29, 1.82) is 0 Å². The molecule has 2 N–H and O–H groups in total. The number of hydrogen-bond acceptors (Lipinski definition) is 4. The van der Waals surface area contributed by atoms with Gasteiger partial charge in [-0.05, 0) is 56.5 Å². The third-order valence-corrected chi connectivity index (χ3v) is 4.80. The third-order valence-electron chi connectivity index (χ3n) is 3.94. The first-order chi connectivity index (χ1) is 12.5. The first-order valence-corrected chi connectivity index (χ1v) is 9.38. The van der Waals surface area contributed by atoms with Gasteiger partial charge in [0, 0.05) is 24.3 Å². The maximum atomic E-state index is 12.3. The molecule has 1 atom stereocenters. The van der Waals surface area contributed by atoms with Crippen LogP contribution in [0.15, 0.2) is 41.8 Å². The van der Waals surface area contributed by atoms with Crippen molar-refractivity contribution in [3.63, 3.8) is 0 Å². The van der Waals surface area contributed by atoms with E-state index in [4.69, 9.17) is 0 Å². The smallest absolute Gasteiger partial charge is 0.261 e. The second-order valence-corrected chi connectivity index (χ2v) is 6.66. The van der Waals surface area contributed by atoms with E-state index in [1.54, 1.807) is 53.6 Å². The molecule has 1 aromatic carbocycles. The molecule has 0 aliphatic rings. The maximum absolute atomic E-state index is 12.3. The lowest BCUT2D eigenvalue weighted by Gasteiger charge is -2.19. The van der Waals surface area contributed by atoms with E-state index in [2.05, 4.69) is 10.6 Å². The second-order valence-electron chi connectivity index (χ2n) is 5.72.